The number of benzene rings is 2. The fourth-order valence-corrected chi connectivity index (χ4v) is 3.73. The largest absolute Gasteiger partial charge is 0.476 e. The highest BCUT2D eigenvalue weighted by Crippen LogP contribution is 2.35. The Morgan fingerprint density at radius 2 is 1.90 bits per heavy atom. The molecule has 30 heavy (non-hydrogen) atoms. The van der Waals surface area contributed by atoms with Gasteiger partial charge in [0.2, 0.25) is 0 Å². The minimum atomic E-state index is -1.18. The van der Waals surface area contributed by atoms with Gasteiger partial charge in [-0.3, -0.25) is 0 Å². The molecule has 0 fully saturated rings. The van der Waals surface area contributed by atoms with Crippen molar-refractivity contribution < 1.29 is 14.3 Å². The molecule has 0 bridgehead atoms. The summed E-state index contributed by atoms with van der Waals surface area (Å²) in [5.41, 5.74) is 2.70. The third-order valence-corrected chi connectivity index (χ3v) is 5.32. The SMILES string of the molecule is Cc1cccc(Cl)c1N(C)c1cc(-c2ccc(Cl)c(F)c2)nc2cc(C(=O)O)nn12. The molecule has 0 unspecified atom stereocenters. The van der Waals surface area contributed by atoms with Crippen molar-refractivity contribution >= 4 is 46.3 Å². The molecule has 2 heterocycles. The van der Waals surface area contributed by atoms with Crippen molar-refractivity contribution in [3.63, 3.8) is 0 Å². The average Bonchev–Trinajstić information content (AvgIpc) is 3.13. The molecule has 0 aliphatic rings. The van der Waals surface area contributed by atoms with Crippen LogP contribution in [-0.4, -0.2) is 32.7 Å². The third-order valence-electron chi connectivity index (χ3n) is 4.71. The number of aromatic carboxylic acids is 1. The third kappa shape index (κ3) is 3.46. The fraction of sp³-hybridized carbons (Fsp3) is 0.0952. The topological polar surface area (TPSA) is 70.7 Å². The van der Waals surface area contributed by atoms with Crippen LogP contribution in [0.5, 0.6) is 0 Å². The molecule has 9 heteroatoms. The summed E-state index contributed by atoms with van der Waals surface area (Å²) < 4.78 is 15.5. The maximum atomic E-state index is 14.0. The number of rotatable bonds is 4. The van der Waals surface area contributed by atoms with Crippen LogP contribution in [0.2, 0.25) is 10.0 Å². The lowest BCUT2D eigenvalue weighted by molar-refractivity contribution is 0.0690. The number of hydrogen-bond acceptors (Lipinski definition) is 4. The first-order valence-corrected chi connectivity index (χ1v) is 9.60. The quantitative estimate of drug-likeness (QED) is 0.442. The van der Waals surface area contributed by atoms with Crippen LogP contribution in [-0.2, 0) is 0 Å². The molecule has 2 aromatic carbocycles. The zero-order valence-corrected chi connectivity index (χ0v) is 17.4. The molecule has 1 N–H and O–H groups in total. The van der Waals surface area contributed by atoms with Crippen LogP contribution in [0.25, 0.3) is 16.9 Å². The van der Waals surface area contributed by atoms with Crippen molar-refractivity contribution in [3.05, 3.63) is 75.7 Å². The number of hydrogen-bond donors (Lipinski definition) is 1. The minimum Gasteiger partial charge on any atom is -0.476 e. The second-order valence-corrected chi connectivity index (χ2v) is 7.51. The minimum absolute atomic E-state index is 0.00128. The molecule has 152 valence electrons. The van der Waals surface area contributed by atoms with Crippen molar-refractivity contribution in [3.8, 4) is 11.3 Å². The van der Waals surface area contributed by atoms with Gasteiger partial charge in [-0.15, -0.1) is 0 Å². The number of aromatic nitrogens is 3. The second-order valence-electron chi connectivity index (χ2n) is 6.70. The predicted octanol–water partition coefficient (Wildman–Crippen LogP) is 5.62. The van der Waals surface area contributed by atoms with Crippen LogP contribution in [0.1, 0.15) is 16.1 Å². The van der Waals surface area contributed by atoms with E-state index in [1.165, 1.54) is 22.7 Å². The molecular formula is C21H15Cl2FN4O2. The number of para-hydroxylation sites is 1. The fourth-order valence-electron chi connectivity index (χ4n) is 3.27. The van der Waals surface area contributed by atoms with Gasteiger partial charge in [-0.25, -0.2) is 14.2 Å². The molecule has 4 rings (SSSR count). The first-order chi connectivity index (χ1) is 14.3. The Bertz CT molecular complexity index is 1290. The lowest BCUT2D eigenvalue weighted by Crippen LogP contribution is -2.16. The van der Waals surface area contributed by atoms with Gasteiger partial charge in [0, 0.05) is 24.7 Å². The number of fused-ring (bicyclic) bond motifs is 1. The highest BCUT2D eigenvalue weighted by molar-refractivity contribution is 6.33. The van der Waals surface area contributed by atoms with Gasteiger partial charge in [0.1, 0.15) is 11.6 Å². The zero-order valence-electron chi connectivity index (χ0n) is 15.9. The normalized spacial score (nSPS) is 11.1. The Labute approximate surface area is 181 Å². The van der Waals surface area contributed by atoms with Crippen LogP contribution in [0, 0.1) is 12.7 Å². The Morgan fingerprint density at radius 1 is 1.13 bits per heavy atom. The summed E-state index contributed by atoms with van der Waals surface area (Å²) in [6.45, 7) is 1.91. The van der Waals surface area contributed by atoms with Crippen molar-refractivity contribution in [2.45, 2.75) is 6.92 Å². The van der Waals surface area contributed by atoms with Gasteiger partial charge in [-0.1, -0.05) is 41.4 Å². The van der Waals surface area contributed by atoms with Crippen LogP contribution >= 0.6 is 23.2 Å². The van der Waals surface area contributed by atoms with Gasteiger partial charge >= 0.3 is 5.97 Å². The molecule has 0 saturated carbocycles. The van der Waals surface area contributed by atoms with E-state index < -0.39 is 11.8 Å². The summed E-state index contributed by atoms with van der Waals surface area (Å²) in [5.74, 6) is -1.25. The molecule has 0 radical (unpaired) electrons. The maximum Gasteiger partial charge on any atom is 0.356 e. The van der Waals surface area contributed by atoms with Gasteiger partial charge in [0.25, 0.3) is 0 Å². The Morgan fingerprint density at radius 3 is 2.57 bits per heavy atom. The highest BCUT2D eigenvalue weighted by Gasteiger charge is 2.20. The van der Waals surface area contributed by atoms with Crippen molar-refractivity contribution in [1.29, 1.82) is 0 Å². The molecular weight excluding hydrogens is 430 g/mol. The molecule has 0 atom stereocenters. The van der Waals surface area contributed by atoms with E-state index in [1.807, 2.05) is 19.1 Å². The number of aryl methyl sites for hydroxylation is 1. The smallest absolute Gasteiger partial charge is 0.356 e. The summed E-state index contributed by atoms with van der Waals surface area (Å²) in [6, 6.07) is 12.9. The van der Waals surface area contributed by atoms with Crippen LogP contribution in [0.4, 0.5) is 15.9 Å². The van der Waals surface area contributed by atoms with E-state index in [4.69, 9.17) is 23.2 Å². The van der Waals surface area contributed by atoms with Gasteiger partial charge in [0.15, 0.2) is 11.3 Å². The molecule has 0 amide bonds. The number of nitrogens with zero attached hydrogens (tertiary/aromatic N) is 4. The number of carboxylic acids is 1. The van der Waals surface area contributed by atoms with E-state index in [1.54, 1.807) is 30.1 Å². The molecule has 4 aromatic rings. The van der Waals surface area contributed by atoms with Gasteiger partial charge in [-0.2, -0.15) is 9.61 Å². The lowest BCUT2D eigenvalue weighted by Gasteiger charge is -2.24. The summed E-state index contributed by atoms with van der Waals surface area (Å²) in [7, 11) is 1.79. The van der Waals surface area contributed by atoms with E-state index in [-0.39, 0.29) is 10.7 Å². The molecule has 0 saturated heterocycles. The summed E-state index contributed by atoms with van der Waals surface area (Å²) in [4.78, 5) is 17.7. The van der Waals surface area contributed by atoms with E-state index in [9.17, 15) is 14.3 Å². The summed E-state index contributed by atoms with van der Waals surface area (Å²) in [6.07, 6.45) is 0. The number of anilines is 2. The number of carboxylic acid groups (broad SMARTS) is 1. The zero-order chi connectivity index (χ0) is 21.6. The number of carbonyl (C=O) groups is 1. The standard InChI is InChI=1S/C21H15Cl2FN4O2/c1-11-4-3-5-14(23)20(11)27(2)19-10-16(12-6-7-13(22)15(24)8-12)25-18-9-17(21(29)30)26-28(18)19/h3-10H,1-2H3,(H,29,30). The van der Waals surface area contributed by atoms with E-state index >= 15 is 0 Å². The van der Waals surface area contributed by atoms with Crippen LogP contribution in [0.15, 0.2) is 48.5 Å². The van der Waals surface area contributed by atoms with Crippen molar-refractivity contribution in [2.75, 3.05) is 11.9 Å². The van der Waals surface area contributed by atoms with Gasteiger partial charge in [-0.05, 0) is 30.7 Å². The van der Waals surface area contributed by atoms with Crippen LogP contribution < -0.4 is 4.90 Å². The van der Waals surface area contributed by atoms with E-state index in [0.29, 0.717) is 27.7 Å². The number of halogens is 3. The first-order valence-electron chi connectivity index (χ1n) is 8.84. The lowest BCUT2D eigenvalue weighted by atomic mass is 10.1. The van der Waals surface area contributed by atoms with Gasteiger partial charge < -0.3 is 10.0 Å². The Kier molecular flexibility index (Phi) is 5.09. The molecule has 2 aromatic heterocycles. The first kappa shape index (κ1) is 20.1. The molecule has 0 spiro atoms. The van der Waals surface area contributed by atoms with Crippen molar-refractivity contribution in [2.24, 2.45) is 0 Å². The summed E-state index contributed by atoms with van der Waals surface area (Å²) in [5, 5.41) is 14.1. The van der Waals surface area contributed by atoms with E-state index in [2.05, 4.69) is 10.1 Å². The highest BCUT2D eigenvalue weighted by atomic mass is 35.5. The van der Waals surface area contributed by atoms with Gasteiger partial charge in [0.05, 0.1) is 21.4 Å². The maximum absolute atomic E-state index is 14.0. The second kappa shape index (κ2) is 7.59. The Balaban J connectivity index is 1.98. The van der Waals surface area contributed by atoms with Crippen LogP contribution in [0.3, 0.4) is 0 Å². The molecule has 0 aliphatic carbocycles. The van der Waals surface area contributed by atoms with E-state index in [0.717, 1.165) is 11.3 Å². The monoisotopic (exact) mass is 444 g/mol. The van der Waals surface area contributed by atoms with Crippen molar-refractivity contribution in [1.82, 2.24) is 14.6 Å². The average molecular weight is 445 g/mol. The predicted molar refractivity (Wildman–Crippen MR) is 115 cm³/mol. The Hall–Kier alpha value is -3.16. The molecule has 0 aliphatic heterocycles. The summed E-state index contributed by atoms with van der Waals surface area (Å²) >= 11 is 12.2. The molecule has 6 nitrogen and oxygen atoms in total.